The molecule has 0 aromatic heterocycles. The molecule has 0 saturated heterocycles. The second-order valence-corrected chi connectivity index (χ2v) is 5.00. The summed E-state index contributed by atoms with van der Waals surface area (Å²) in [6.07, 6.45) is 2.15. The molecule has 4 heteroatoms. The summed E-state index contributed by atoms with van der Waals surface area (Å²) in [6, 6.07) is 7.22. The van der Waals surface area contributed by atoms with Crippen LogP contribution in [0.2, 0.25) is 0 Å². The van der Waals surface area contributed by atoms with Crippen LogP contribution in [-0.4, -0.2) is 24.9 Å². The molecular weight excluding hydrogens is 262 g/mol. The van der Waals surface area contributed by atoms with Gasteiger partial charge in [-0.15, -0.1) is 11.6 Å². The summed E-state index contributed by atoms with van der Waals surface area (Å²) >= 11 is 5.69. The van der Waals surface area contributed by atoms with E-state index in [-0.39, 0.29) is 11.8 Å². The minimum absolute atomic E-state index is 0.0722. The third-order valence-electron chi connectivity index (χ3n) is 2.76. The number of ether oxygens (including phenoxy) is 1. The molecule has 0 aliphatic rings. The number of amides is 1. The van der Waals surface area contributed by atoms with Crippen molar-refractivity contribution in [1.82, 2.24) is 5.32 Å². The Morgan fingerprint density at radius 1 is 1.37 bits per heavy atom. The number of carbonyl (C=O) groups excluding carboxylic acids is 1. The van der Waals surface area contributed by atoms with Gasteiger partial charge in [0.2, 0.25) is 0 Å². The number of halogens is 1. The first kappa shape index (κ1) is 15.8. The van der Waals surface area contributed by atoms with Crippen molar-refractivity contribution in [2.45, 2.75) is 26.7 Å². The van der Waals surface area contributed by atoms with Crippen LogP contribution in [0.4, 0.5) is 0 Å². The van der Waals surface area contributed by atoms with E-state index in [4.69, 9.17) is 16.3 Å². The summed E-state index contributed by atoms with van der Waals surface area (Å²) in [6.45, 7) is 5.43. The van der Waals surface area contributed by atoms with E-state index in [1.54, 1.807) is 12.1 Å². The van der Waals surface area contributed by atoms with Gasteiger partial charge in [-0.05, 0) is 36.6 Å². The fourth-order valence-electron chi connectivity index (χ4n) is 1.46. The molecule has 1 N–H and O–H groups in total. The van der Waals surface area contributed by atoms with Crippen molar-refractivity contribution in [2.24, 2.45) is 5.92 Å². The maximum atomic E-state index is 11.8. The van der Waals surface area contributed by atoms with Crippen molar-refractivity contribution in [3.05, 3.63) is 29.8 Å². The number of unbranched alkanes of at least 4 members (excludes halogenated alkanes) is 1. The van der Waals surface area contributed by atoms with Crippen molar-refractivity contribution in [2.75, 3.05) is 19.0 Å². The Bertz CT molecular complexity index is 378. The Kier molecular flexibility index (Phi) is 7.34. The van der Waals surface area contributed by atoms with E-state index in [2.05, 4.69) is 12.2 Å². The van der Waals surface area contributed by atoms with Gasteiger partial charge in [0.25, 0.3) is 5.91 Å². The van der Waals surface area contributed by atoms with Gasteiger partial charge in [-0.3, -0.25) is 4.79 Å². The second-order valence-electron chi connectivity index (χ2n) is 4.70. The highest BCUT2D eigenvalue weighted by Crippen LogP contribution is 2.12. The van der Waals surface area contributed by atoms with Crippen molar-refractivity contribution in [3.63, 3.8) is 0 Å². The molecule has 0 aliphatic heterocycles. The highest BCUT2D eigenvalue weighted by molar-refractivity contribution is 6.18. The molecule has 0 aliphatic carbocycles. The first-order valence-corrected chi connectivity index (χ1v) is 7.27. The van der Waals surface area contributed by atoms with Gasteiger partial charge >= 0.3 is 0 Å². The summed E-state index contributed by atoms with van der Waals surface area (Å²) in [5.41, 5.74) is 0.643. The Morgan fingerprint density at radius 3 is 2.63 bits per heavy atom. The van der Waals surface area contributed by atoms with Crippen LogP contribution in [0.5, 0.6) is 5.75 Å². The minimum Gasteiger partial charge on any atom is -0.494 e. The Hall–Kier alpha value is -1.22. The molecule has 1 amide bonds. The Balaban J connectivity index is 2.44. The van der Waals surface area contributed by atoms with Crippen LogP contribution in [0, 0.1) is 5.92 Å². The Morgan fingerprint density at radius 2 is 2.05 bits per heavy atom. The molecule has 1 atom stereocenters. The highest BCUT2D eigenvalue weighted by Gasteiger charge is 2.07. The van der Waals surface area contributed by atoms with E-state index in [9.17, 15) is 4.79 Å². The lowest BCUT2D eigenvalue weighted by molar-refractivity contribution is 0.0949. The molecule has 0 heterocycles. The summed E-state index contributed by atoms with van der Waals surface area (Å²) in [7, 11) is 0. The first-order chi connectivity index (χ1) is 9.17. The molecule has 19 heavy (non-hydrogen) atoms. The fraction of sp³-hybridized carbons (Fsp3) is 0.533. The third-order valence-corrected chi connectivity index (χ3v) is 3.28. The van der Waals surface area contributed by atoms with Gasteiger partial charge in [-0.1, -0.05) is 20.3 Å². The zero-order chi connectivity index (χ0) is 14.1. The van der Waals surface area contributed by atoms with Crippen molar-refractivity contribution in [1.29, 1.82) is 0 Å². The molecule has 1 aromatic rings. The van der Waals surface area contributed by atoms with Gasteiger partial charge in [0.15, 0.2) is 0 Å². The van der Waals surface area contributed by atoms with Crippen LogP contribution in [0.3, 0.4) is 0 Å². The predicted molar refractivity (Wildman–Crippen MR) is 79.1 cm³/mol. The minimum atomic E-state index is -0.0722. The largest absolute Gasteiger partial charge is 0.494 e. The van der Waals surface area contributed by atoms with Gasteiger partial charge in [-0.25, -0.2) is 0 Å². The number of nitrogens with one attached hydrogen (secondary N) is 1. The van der Waals surface area contributed by atoms with Gasteiger partial charge in [0, 0.05) is 18.0 Å². The summed E-state index contributed by atoms with van der Waals surface area (Å²) in [5.74, 6) is 1.56. The van der Waals surface area contributed by atoms with E-state index < -0.39 is 0 Å². The molecule has 106 valence electrons. The van der Waals surface area contributed by atoms with Gasteiger partial charge < -0.3 is 10.1 Å². The quantitative estimate of drug-likeness (QED) is 0.586. The van der Waals surface area contributed by atoms with Crippen LogP contribution in [0.15, 0.2) is 24.3 Å². The molecular formula is C15H22ClNO2. The SMILES string of the molecule is CCCCOc1ccc(C(=O)NCC(C)CCl)cc1. The Labute approximate surface area is 120 Å². The van der Waals surface area contributed by atoms with Crippen LogP contribution in [-0.2, 0) is 0 Å². The molecule has 0 spiro atoms. The molecule has 1 rings (SSSR count). The topological polar surface area (TPSA) is 38.3 Å². The van der Waals surface area contributed by atoms with Crippen LogP contribution >= 0.6 is 11.6 Å². The van der Waals surface area contributed by atoms with Gasteiger partial charge in [-0.2, -0.15) is 0 Å². The third kappa shape index (κ3) is 5.97. The number of carbonyl (C=O) groups is 1. The number of alkyl halides is 1. The van der Waals surface area contributed by atoms with Crippen molar-refractivity contribution < 1.29 is 9.53 Å². The molecule has 0 saturated carbocycles. The number of hydrogen-bond donors (Lipinski definition) is 1. The lowest BCUT2D eigenvalue weighted by Crippen LogP contribution is -2.28. The van der Waals surface area contributed by atoms with Crippen molar-refractivity contribution >= 4 is 17.5 Å². The van der Waals surface area contributed by atoms with Crippen molar-refractivity contribution in [3.8, 4) is 5.75 Å². The standard InChI is InChI=1S/C15H22ClNO2/c1-3-4-9-19-14-7-5-13(6-8-14)15(18)17-11-12(2)10-16/h5-8,12H,3-4,9-11H2,1-2H3,(H,17,18). The lowest BCUT2D eigenvalue weighted by Gasteiger charge is -2.10. The summed E-state index contributed by atoms with van der Waals surface area (Å²) in [4.78, 5) is 11.8. The van der Waals surface area contributed by atoms with E-state index in [1.807, 2.05) is 19.1 Å². The molecule has 0 radical (unpaired) electrons. The van der Waals surface area contributed by atoms with E-state index in [1.165, 1.54) is 0 Å². The maximum Gasteiger partial charge on any atom is 0.251 e. The van der Waals surface area contributed by atoms with Crippen LogP contribution in [0.1, 0.15) is 37.0 Å². The maximum absolute atomic E-state index is 11.8. The first-order valence-electron chi connectivity index (χ1n) is 6.74. The number of hydrogen-bond acceptors (Lipinski definition) is 2. The van der Waals surface area contributed by atoms with Gasteiger partial charge in [0.1, 0.15) is 5.75 Å². The number of benzene rings is 1. The second kappa shape index (κ2) is 8.81. The highest BCUT2D eigenvalue weighted by atomic mass is 35.5. The average Bonchev–Trinajstić information content (AvgIpc) is 2.45. The summed E-state index contributed by atoms with van der Waals surface area (Å²) in [5, 5.41) is 2.86. The zero-order valence-corrected chi connectivity index (χ0v) is 12.4. The molecule has 1 unspecified atom stereocenters. The lowest BCUT2D eigenvalue weighted by atomic mass is 10.2. The normalized spacial score (nSPS) is 11.9. The molecule has 3 nitrogen and oxygen atoms in total. The molecule has 0 bridgehead atoms. The van der Waals surface area contributed by atoms with E-state index in [0.717, 1.165) is 25.2 Å². The van der Waals surface area contributed by atoms with Gasteiger partial charge in [0.05, 0.1) is 6.61 Å². The fourth-order valence-corrected chi connectivity index (χ4v) is 1.57. The summed E-state index contributed by atoms with van der Waals surface area (Å²) < 4.78 is 5.55. The average molecular weight is 284 g/mol. The molecule has 0 fully saturated rings. The number of rotatable bonds is 8. The van der Waals surface area contributed by atoms with Crippen LogP contribution < -0.4 is 10.1 Å². The molecule has 1 aromatic carbocycles. The predicted octanol–water partition coefficient (Wildman–Crippen LogP) is 3.47. The van der Waals surface area contributed by atoms with E-state index in [0.29, 0.717) is 18.0 Å². The zero-order valence-electron chi connectivity index (χ0n) is 11.6. The monoisotopic (exact) mass is 283 g/mol. The van der Waals surface area contributed by atoms with Crippen LogP contribution in [0.25, 0.3) is 0 Å². The van der Waals surface area contributed by atoms with E-state index >= 15 is 0 Å². The smallest absolute Gasteiger partial charge is 0.251 e.